The Kier molecular flexibility index (Phi) is 2.14. The Balaban J connectivity index is 2.24. The number of fused-ring (bicyclic) bond motifs is 3. The largest absolute Gasteiger partial charge is 0.103 e. The first kappa shape index (κ1) is 9.41. The van der Waals surface area contributed by atoms with Crippen LogP contribution in [0.15, 0.2) is 55.1 Å². The summed E-state index contributed by atoms with van der Waals surface area (Å²) in [5, 5.41) is 0. The van der Waals surface area contributed by atoms with Crippen LogP contribution in [0.5, 0.6) is 0 Å². The molecule has 2 aromatic carbocycles. The van der Waals surface area contributed by atoms with Gasteiger partial charge in [-0.15, -0.1) is 6.58 Å². The van der Waals surface area contributed by atoms with Gasteiger partial charge in [-0.25, -0.2) is 0 Å². The van der Waals surface area contributed by atoms with E-state index >= 15 is 0 Å². The van der Waals surface area contributed by atoms with Gasteiger partial charge in [-0.05, 0) is 40.7 Å². The molecular formula is C16H14. The summed E-state index contributed by atoms with van der Waals surface area (Å²) in [7, 11) is 0. The van der Waals surface area contributed by atoms with E-state index in [1.54, 1.807) is 0 Å². The molecule has 0 saturated heterocycles. The summed E-state index contributed by atoms with van der Waals surface area (Å²) in [5.41, 5.74) is 7.17. The van der Waals surface area contributed by atoms with Gasteiger partial charge >= 0.3 is 0 Å². The van der Waals surface area contributed by atoms with Crippen LogP contribution >= 0.6 is 0 Å². The van der Waals surface area contributed by atoms with Crippen molar-refractivity contribution in [1.29, 1.82) is 0 Å². The van der Waals surface area contributed by atoms with Crippen molar-refractivity contribution in [2.45, 2.75) is 12.8 Å². The Morgan fingerprint density at radius 2 is 1.81 bits per heavy atom. The van der Waals surface area contributed by atoms with Crippen molar-refractivity contribution >= 4 is 0 Å². The molecule has 0 aliphatic heterocycles. The van der Waals surface area contributed by atoms with Crippen LogP contribution < -0.4 is 0 Å². The molecule has 3 rings (SSSR count). The molecule has 0 amide bonds. The maximum absolute atomic E-state index is 3.84. The van der Waals surface area contributed by atoms with E-state index in [4.69, 9.17) is 0 Å². The lowest BCUT2D eigenvalue weighted by molar-refractivity contribution is 1.23. The smallest absolute Gasteiger partial charge is 0.00133 e. The third-order valence-electron chi connectivity index (χ3n) is 3.27. The molecule has 0 spiro atoms. The predicted molar refractivity (Wildman–Crippen MR) is 68.6 cm³/mol. The molecule has 0 N–H and O–H groups in total. The summed E-state index contributed by atoms with van der Waals surface area (Å²) in [5.74, 6) is 0. The van der Waals surface area contributed by atoms with Gasteiger partial charge in [0.25, 0.3) is 0 Å². The molecular weight excluding hydrogens is 192 g/mol. The van der Waals surface area contributed by atoms with Gasteiger partial charge in [0.2, 0.25) is 0 Å². The van der Waals surface area contributed by atoms with Gasteiger partial charge in [0.05, 0.1) is 0 Å². The Morgan fingerprint density at radius 3 is 2.69 bits per heavy atom. The van der Waals surface area contributed by atoms with E-state index in [0.29, 0.717) is 0 Å². The fraction of sp³-hybridized carbons (Fsp3) is 0.125. The zero-order valence-electron chi connectivity index (χ0n) is 9.24. The summed E-state index contributed by atoms with van der Waals surface area (Å²) < 4.78 is 0. The van der Waals surface area contributed by atoms with Crippen LogP contribution in [0.1, 0.15) is 16.7 Å². The lowest BCUT2D eigenvalue weighted by Crippen LogP contribution is -1.88. The molecule has 0 fully saturated rings. The van der Waals surface area contributed by atoms with Gasteiger partial charge in [-0.2, -0.15) is 0 Å². The van der Waals surface area contributed by atoms with Crippen molar-refractivity contribution in [1.82, 2.24) is 0 Å². The molecule has 0 saturated carbocycles. The Morgan fingerprint density at radius 1 is 1.00 bits per heavy atom. The van der Waals surface area contributed by atoms with Crippen LogP contribution in [0, 0.1) is 0 Å². The summed E-state index contributed by atoms with van der Waals surface area (Å²) in [4.78, 5) is 0. The molecule has 0 unspecified atom stereocenters. The minimum Gasteiger partial charge on any atom is -0.103 e. The molecule has 78 valence electrons. The Labute approximate surface area is 96.3 Å². The van der Waals surface area contributed by atoms with Crippen molar-refractivity contribution in [3.8, 4) is 11.1 Å². The van der Waals surface area contributed by atoms with Crippen molar-refractivity contribution in [2.75, 3.05) is 0 Å². The fourth-order valence-corrected chi connectivity index (χ4v) is 2.60. The van der Waals surface area contributed by atoms with Gasteiger partial charge in [-0.1, -0.05) is 48.5 Å². The highest BCUT2D eigenvalue weighted by Crippen LogP contribution is 2.38. The second kappa shape index (κ2) is 3.64. The number of hydrogen-bond donors (Lipinski definition) is 0. The molecule has 0 heterocycles. The van der Waals surface area contributed by atoms with E-state index in [0.717, 1.165) is 12.8 Å². The third-order valence-corrected chi connectivity index (χ3v) is 3.27. The molecule has 2 aromatic rings. The zero-order valence-corrected chi connectivity index (χ0v) is 9.24. The second-order valence-corrected chi connectivity index (χ2v) is 4.28. The van der Waals surface area contributed by atoms with Gasteiger partial charge in [-0.3, -0.25) is 0 Å². The SMILES string of the molecule is C=CCc1cccc2c1-c1ccccc1C2. The average Bonchev–Trinajstić information content (AvgIpc) is 2.68. The van der Waals surface area contributed by atoms with Crippen molar-refractivity contribution < 1.29 is 0 Å². The highest BCUT2D eigenvalue weighted by Gasteiger charge is 2.19. The van der Waals surface area contributed by atoms with E-state index in [2.05, 4.69) is 49.0 Å². The third kappa shape index (κ3) is 1.30. The highest BCUT2D eigenvalue weighted by atomic mass is 14.2. The lowest BCUT2D eigenvalue weighted by Gasteiger charge is -2.07. The molecule has 1 aliphatic rings. The summed E-state index contributed by atoms with van der Waals surface area (Å²) in [6.07, 6.45) is 4.02. The van der Waals surface area contributed by atoms with E-state index < -0.39 is 0 Å². The molecule has 0 bridgehead atoms. The minimum atomic E-state index is 0.956. The maximum atomic E-state index is 3.84. The lowest BCUT2D eigenvalue weighted by atomic mass is 9.97. The van der Waals surface area contributed by atoms with Gasteiger partial charge < -0.3 is 0 Å². The van der Waals surface area contributed by atoms with Gasteiger partial charge in [0, 0.05) is 0 Å². The van der Waals surface area contributed by atoms with Gasteiger partial charge in [0.1, 0.15) is 0 Å². The van der Waals surface area contributed by atoms with Crippen LogP contribution in [0.2, 0.25) is 0 Å². The summed E-state index contributed by atoms with van der Waals surface area (Å²) >= 11 is 0. The average molecular weight is 206 g/mol. The number of hydrogen-bond acceptors (Lipinski definition) is 0. The summed E-state index contributed by atoms with van der Waals surface area (Å²) in [6, 6.07) is 15.3. The first-order valence-corrected chi connectivity index (χ1v) is 5.70. The molecule has 0 radical (unpaired) electrons. The van der Waals surface area contributed by atoms with Crippen molar-refractivity contribution in [3.05, 3.63) is 71.8 Å². The number of rotatable bonds is 2. The second-order valence-electron chi connectivity index (χ2n) is 4.28. The molecule has 0 nitrogen and oxygen atoms in total. The normalized spacial score (nSPS) is 12.0. The summed E-state index contributed by atoms with van der Waals surface area (Å²) in [6.45, 7) is 3.84. The maximum Gasteiger partial charge on any atom is -0.00133 e. The van der Waals surface area contributed by atoms with Crippen LogP contribution in [0.25, 0.3) is 11.1 Å². The monoisotopic (exact) mass is 206 g/mol. The van der Waals surface area contributed by atoms with Crippen molar-refractivity contribution in [2.24, 2.45) is 0 Å². The molecule has 0 heteroatoms. The quantitative estimate of drug-likeness (QED) is 0.556. The van der Waals surface area contributed by atoms with Crippen LogP contribution in [-0.4, -0.2) is 0 Å². The topological polar surface area (TPSA) is 0 Å². The van der Waals surface area contributed by atoms with Gasteiger partial charge in [0.15, 0.2) is 0 Å². The predicted octanol–water partition coefficient (Wildman–Crippen LogP) is 3.99. The molecule has 1 aliphatic carbocycles. The van der Waals surface area contributed by atoms with E-state index in [1.807, 2.05) is 6.08 Å². The number of allylic oxidation sites excluding steroid dienone is 1. The highest BCUT2D eigenvalue weighted by molar-refractivity contribution is 5.79. The zero-order chi connectivity index (χ0) is 11.0. The van der Waals surface area contributed by atoms with E-state index in [1.165, 1.54) is 27.8 Å². The van der Waals surface area contributed by atoms with Crippen LogP contribution in [-0.2, 0) is 12.8 Å². The minimum absolute atomic E-state index is 0.956. The Hall–Kier alpha value is -1.82. The molecule has 0 aromatic heterocycles. The van der Waals surface area contributed by atoms with Crippen LogP contribution in [0.3, 0.4) is 0 Å². The standard InChI is InChI=1S/C16H14/c1-2-6-12-8-5-9-14-11-13-7-3-4-10-15(13)16(12)14/h2-5,7-10H,1,6,11H2. The first-order valence-electron chi connectivity index (χ1n) is 5.70. The van der Waals surface area contributed by atoms with E-state index in [-0.39, 0.29) is 0 Å². The number of benzene rings is 2. The molecule has 0 atom stereocenters. The fourth-order valence-electron chi connectivity index (χ4n) is 2.60. The van der Waals surface area contributed by atoms with Crippen molar-refractivity contribution in [3.63, 3.8) is 0 Å². The first-order chi connectivity index (χ1) is 7.90. The van der Waals surface area contributed by atoms with E-state index in [9.17, 15) is 0 Å². The Bertz CT molecular complexity index is 550. The molecule has 16 heavy (non-hydrogen) atoms. The van der Waals surface area contributed by atoms with Crippen LogP contribution in [0.4, 0.5) is 0 Å².